The molecular formula is C5H12N2O4. The monoisotopic (exact) mass is 164 g/mol. The Morgan fingerprint density at radius 2 is 2.09 bits per heavy atom. The summed E-state index contributed by atoms with van der Waals surface area (Å²) in [5.74, 6) is -0.910. The lowest BCUT2D eigenvalue weighted by Crippen LogP contribution is -2.29. The van der Waals surface area contributed by atoms with Crippen molar-refractivity contribution in [3.8, 4) is 0 Å². The number of aliphatic carboxylic acids is 1. The van der Waals surface area contributed by atoms with Crippen LogP contribution in [0, 0.1) is 4.91 Å². The van der Waals surface area contributed by atoms with E-state index in [9.17, 15) is 4.79 Å². The Bertz CT molecular complexity index is 117. The summed E-state index contributed by atoms with van der Waals surface area (Å²) in [6.45, 7) is 1.91. The van der Waals surface area contributed by atoms with Gasteiger partial charge in [-0.25, -0.2) is 0 Å². The molecule has 0 aromatic rings. The van der Waals surface area contributed by atoms with Crippen molar-refractivity contribution in [3.05, 3.63) is 4.91 Å². The minimum Gasteiger partial charge on any atom is -0.480 e. The molecule has 0 spiro atoms. The largest absolute Gasteiger partial charge is 0.480 e. The average Bonchev–Trinajstić information content (AvgIpc) is 1.90. The van der Waals surface area contributed by atoms with Crippen LogP contribution < -0.4 is 5.73 Å². The first-order valence-electron chi connectivity index (χ1n) is 3.05. The third kappa shape index (κ3) is 12.1. The van der Waals surface area contributed by atoms with E-state index in [-0.39, 0.29) is 0 Å². The van der Waals surface area contributed by atoms with E-state index in [2.05, 4.69) is 0 Å². The van der Waals surface area contributed by atoms with Gasteiger partial charge in [-0.3, -0.25) is 4.79 Å². The van der Waals surface area contributed by atoms with E-state index in [0.717, 1.165) is 6.42 Å². The number of nitrogens with zero attached hydrogens (tertiary/aromatic N) is 1. The Morgan fingerprint density at radius 1 is 1.73 bits per heavy atom. The molecule has 0 rings (SSSR count). The molecule has 1 unspecified atom stereocenters. The Balaban J connectivity index is 0. The van der Waals surface area contributed by atoms with Crippen molar-refractivity contribution in [3.63, 3.8) is 0 Å². The van der Waals surface area contributed by atoms with E-state index in [4.69, 9.17) is 21.0 Å². The van der Waals surface area contributed by atoms with Crippen LogP contribution in [0.1, 0.15) is 19.8 Å². The Kier molecular flexibility index (Phi) is 10.0. The van der Waals surface area contributed by atoms with Gasteiger partial charge in [-0.05, 0) is 6.42 Å². The molecule has 66 valence electrons. The molecule has 4 N–H and O–H groups in total. The highest BCUT2D eigenvalue weighted by atomic mass is 16.6. The van der Waals surface area contributed by atoms with Gasteiger partial charge in [0.15, 0.2) is 5.34 Å². The van der Waals surface area contributed by atoms with Crippen LogP contribution in [-0.4, -0.2) is 22.3 Å². The molecule has 0 saturated heterocycles. The number of rotatable bonds is 3. The van der Waals surface area contributed by atoms with Gasteiger partial charge in [0, 0.05) is 0 Å². The van der Waals surface area contributed by atoms with Crippen molar-refractivity contribution in [1.29, 1.82) is 0 Å². The second-order valence-corrected chi connectivity index (χ2v) is 1.82. The van der Waals surface area contributed by atoms with Gasteiger partial charge in [-0.2, -0.15) is 0 Å². The molecule has 0 aromatic carbocycles. The van der Waals surface area contributed by atoms with Crippen LogP contribution in [0.15, 0.2) is 5.34 Å². The van der Waals surface area contributed by atoms with Crippen LogP contribution in [-0.2, 0) is 4.79 Å². The Labute approximate surface area is 63.9 Å². The summed E-state index contributed by atoms with van der Waals surface area (Å²) in [4.78, 5) is 18.1. The molecule has 0 aromatic heterocycles. The van der Waals surface area contributed by atoms with Gasteiger partial charge in [0.05, 0.1) is 0 Å². The molecule has 0 fully saturated rings. The molecule has 0 saturated carbocycles. The summed E-state index contributed by atoms with van der Waals surface area (Å²) in [6, 6.07) is -0.667. The number of hydrogen-bond acceptors (Lipinski definition) is 4. The first-order chi connectivity index (χ1) is 5.09. The van der Waals surface area contributed by atoms with Gasteiger partial charge < -0.3 is 16.0 Å². The summed E-state index contributed by atoms with van der Waals surface area (Å²) < 4.78 is 0. The van der Waals surface area contributed by atoms with E-state index in [1.165, 1.54) is 5.34 Å². The highest BCUT2D eigenvalue weighted by Gasteiger charge is 2.07. The van der Waals surface area contributed by atoms with Gasteiger partial charge >= 0.3 is 5.97 Å². The van der Waals surface area contributed by atoms with Crippen LogP contribution >= 0.6 is 0 Å². The number of nitrogens with two attached hydrogens (primary N) is 1. The Morgan fingerprint density at radius 3 is 2.18 bits per heavy atom. The molecule has 0 aliphatic heterocycles. The minimum absolute atomic E-state index is 0.565. The maximum Gasteiger partial charge on any atom is 0.320 e. The van der Waals surface area contributed by atoms with Crippen LogP contribution in [0.25, 0.3) is 0 Å². The van der Waals surface area contributed by atoms with Crippen LogP contribution in [0.5, 0.6) is 0 Å². The van der Waals surface area contributed by atoms with E-state index >= 15 is 0 Å². The van der Waals surface area contributed by atoms with Crippen molar-refractivity contribution in [2.24, 2.45) is 11.1 Å². The third-order valence-electron chi connectivity index (χ3n) is 0.917. The Hall–Kier alpha value is -1.17. The molecule has 0 aliphatic rings. The maximum absolute atomic E-state index is 9.96. The molecule has 0 aliphatic carbocycles. The highest BCUT2D eigenvalue weighted by Crippen LogP contribution is 1.91. The molecule has 6 heteroatoms. The topological polar surface area (TPSA) is 113 Å². The van der Waals surface area contributed by atoms with Crippen LogP contribution in [0.4, 0.5) is 0 Å². The molecule has 6 nitrogen and oxygen atoms in total. The number of carboxylic acid groups (broad SMARTS) is 1. The van der Waals surface area contributed by atoms with Gasteiger partial charge in [0.1, 0.15) is 6.04 Å². The van der Waals surface area contributed by atoms with Crippen LogP contribution in [0.3, 0.4) is 0 Å². The fourth-order valence-corrected chi connectivity index (χ4v) is 0.434. The predicted octanol–water partition coefficient (Wildman–Crippen LogP) is 0.340. The zero-order chi connectivity index (χ0) is 9.28. The van der Waals surface area contributed by atoms with Gasteiger partial charge in [0.2, 0.25) is 0 Å². The normalized spacial score (nSPS) is 10.7. The number of carboxylic acids is 1. The average molecular weight is 164 g/mol. The molecule has 0 amide bonds. The van der Waals surface area contributed by atoms with E-state index in [1.54, 1.807) is 0 Å². The molecular weight excluding hydrogens is 152 g/mol. The van der Waals surface area contributed by atoms with Crippen molar-refractivity contribution in [1.82, 2.24) is 0 Å². The van der Waals surface area contributed by atoms with Gasteiger partial charge in [0.25, 0.3) is 0 Å². The van der Waals surface area contributed by atoms with Crippen LogP contribution in [0.2, 0.25) is 0 Å². The number of carbonyl (C=O) groups is 1. The zero-order valence-corrected chi connectivity index (χ0v) is 6.23. The van der Waals surface area contributed by atoms with Gasteiger partial charge in [-0.15, -0.1) is 4.91 Å². The standard InChI is InChI=1S/C5H11NO2.HNO2/c1-2-3-4(6)5(7)8;2-1-3/h4H,2-3,6H2,1H3,(H,7,8);(H,2,3). The second-order valence-electron chi connectivity index (χ2n) is 1.82. The zero-order valence-electron chi connectivity index (χ0n) is 6.23. The molecule has 11 heavy (non-hydrogen) atoms. The lowest BCUT2D eigenvalue weighted by Gasteiger charge is -2.00. The summed E-state index contributed by atoms with van der Waals surface area (Å²) in [5.41, 5.74) is 5.13. The molecule has 1 atom stereocenters. The maximum atomic E-state index is 9.96. The summed E-state index contributed by atoms with van der Waals surface area (Å²) in [5, 5.41) is 16.1. The highest BCUT2D eigenvalue weighted by molar-refractivity contribution is 5.72. The lowest BCUT2D eigenvalue weighted by molar-refractivity contribution is -0.138. The fraction of sp³-hybridized carbons (Fsp3) is 0.800. The lowest BCUT2D eigenvalue weighted by atomic mass is 10.2. The SMILES string of the molecule is CCCC(N)C(=O)O.O=NO. The van der Waals surface area contributed by atoms with E-state index in [0.29, 0.717) is 6.42 Å². The third-order valence-corrected chi connectivity index (χ3v) is 0.917. The summed E-state index contributed by atoms with van der Waals surface area (Å²) in [6.07, 6.45) is 1.39. The van der Waals surface area contributed by atoms with E-state index < -0.39 is 12.0 Å². The van der Waals surface area contributed by atoms with E-state index in [1.807, 2.05) is 6.92 Å². The summed E-state index contributed by atoms with van der Waals surface area (Å²) >= 11 is 0. The molecule has 0 radical (unpaired) electrons. The predicted molar refractivity (Wildman–Crippen MR) is 38.1 cm³/mol. The first kappa shape index (κ1) is 12.5. The van der Waals surface area contributed by atoms with Crippen molar-refractivity contribution >= 4 is 5.97 Å². The van der Waals surface area contributed by atoms with Crippen molar-refractivity contribution in [2.75, 3.05) is 0 Å². The smallest absolute Gasteiger partial charge is 0.320 e. The quantitative estimate of drug-likeness (QED) is 0.411. The number of hydrogen-bond donors (Lipinski definition) is 3. The molecule has 0 bridgehead atoms. The van der Waals surface area contributed by atoms with Crippen molar-refractivity contribution < 1.29 is 15.1 Å². The summed E-state index contributed by atoms with van der Waals surface area (Å²) in [7, 11) is 0. The molecule has 0 heterocycles. The minimum atomic E-state index is -0.910. The fourth-order valence-electron chi connectivity index (χ4n) is 0.434. The second kappa shape index (κ2) is 8.83. The van der Waals surface area contributed by atoms with Gasteiger partial charge in [-0.1, -0.05) is 13.3 Å². The van der Waals surface area contributed by atoms with Crippen molar-refractivity contribution in [2.45, 2.75) is 25.8 Å². The first-order valence-corrected chi connectivity index (χ1v) is 3.05.